The van der Waals surface area contributed by atoms with Crippen LogP contribution < -0.4 is 5.73 Å². The Hall–Kier alpha value is -1.75. The normalized spacial score (nSPS) is 12.6. The van der Waals surface area contributed by atoms with Gasteiger partial charge in [-0.05, 0) is 31.4 Å². The molecule has 1 aromatic carbocycles. The van der Waals surface area contributed by atoms with Crippen molar-refractivity contribution in [2.24, 2.45) is 5.73 Å². The van der Waals surface area contributed by atoms with Crippen LogP contribution in [0.25, 0.3) is 0 Å². The molecule has 19 heavy (non-hydrogen) atoms. The number of hydrogen-bond donors (Lipinski definition) is 1. The van der Waals surface area contributed by atoms with Crippen LogP contribution in [0.2, 0.25) is 0 Å². The minimum absolute atomic E-state index is 0.181. The first-order chi connectivity index (χ1) is 9.15. The Labute approximate surface area is 111 Å². The number of aryl methyl sites for hydroxylation is 1. The van der Waals surface area contributed by atoms with Crippen LogP contribution in [0, 0.1) is 5.82 Å². The van der Waals surface area contributed by atoms with Gasteiger partial charge in [-0.15, -0.1) is 0 Å². The molecule has 0 spiro atoms. The molecule has 2 aromatic rings. The molecule has 0 saturated carbocycles. The van der Waals surface area contributed by atoms with Gasteiger partial charge in [0, 0.05) is 18.9 Å². The molecule has 4 nitrogen and oxygen atoms in total. The van der Waals surface area contributed by atoms with Crippen LogP contribution >= 0.6 is 0 Å². The highest BCUT2D eigenvalue weighted by Gasteiger charge is 2.09. The topological polar surface area (TPSA) is 64.9 Å². The van der Waals surface area contributed by atoms with Gasteiger partial charge in [0.25, 0.3) is 0 Å². The summed E-state index contributed by atoms with van der Waals surface area (Å²) in [6.45, 7) is 1.97. The van der Waals surface area contributed by atoms with E-state index in [0.717, 1.165) is 12.8 Å². The lowest BCUT2D eigenvalue weighted by atomic mass is 10.1. The minimum atomic E-state index is -0.245. The monoisotopic (exact) mass is 263 g/mol. The predicted molar refractivity (Wildman–Crippen MR) is 70.1 cm³/mol. The van der Waals surface area contributed by atoms with Gasteiger partial charge in [-0.2, -0.15) is 4.98 Å². The molecule has 2 rings (SSSR count). The molecule has 102 valence electrons. The maximum Gasteiger partial charge on any atom is 0.226 e. The third kappa shape index (κ3) is 4.13. The Balaban J connectivity index is 1.92. The molecule has 1 aromatic heterocycles. The highest BCUT2D eigenvalue weighted by atomic mass is 19.1. The largest absolute Gasteiger partial charge is 0.339 e. The Morgan fingerprint density at radius 1 is 1.37 bits per heavy atom. The highest BCUT2D eigenvalue weighted by molar-refractivity contribution is 5.20. The summed E-state index contributed by atoms with van der Waals surface area (Å²) in [5, 5.41) is 3.87. The van der Waals surface area contributed by atoms with Gasteiger partial charge in [0.1, 0.15) is 5.82 Å². The number of benzene rings is 1. The van der Waals surface area contributed by atoms with Crippen molar-refractivity contribution in [1.82, 2.24) is 10.1 Å². The van der Waals surface area contributed by atoms with E-state index in [4.69, 9.17) is 10.3 Å². The molecular weight excluding hydrogens is 245 g/mol. The molecule has 0 radical (unpaired) electrons. The van der Waals surface area contributed by atoms with Gasteiger partial charge >= 0.3 is 0 Å². The molecule has 1 atom stereocenters. The number of hydrogen-bond acceptors (Lipinski definition) is 4. The summed E-state index contributed by atoms with van der Waals surface area (Å²) in [6, 6.07) is 6.79. The van der Waals surface area contributed by atoms with Crippen LogP contribution in [0.4, 0.5) is 4.39 Å². The molecule has 5 heteroatoms. The van der Waals surface area contributed by atoms with Crippen molar-refractivity contribution in [3.05, 3.63) is 47.4 Å². The Morgan fingerprint density at radius 3 is 2.89 bits per heavy atom. The second kappa shape index (κ2) is 6.43. The van der Waals surface area contributed by atoms with Gasteiger partial charge in [-0.25, -0.2) is 4.39 Å². The van der Waals surface area contributed by atoms with E-state index in [9.17, 15) is 4.39 Å². The minimum Gasteiger partial charge on any atom is -0.339 e. The van der Waals surface area contributed by atoms with Crippen LogP contribution in [0.1, 0.15) is 37.0 Å². The van der Waals surface area contributed by atoms with E-state index >= 15 is 0 Å². The molecule has 0 aliphatic heterocycles. The molecule has 0 saturated heterocycles. The molecule has 0 fully saturated rings. The van der Waals surface area contributed by atoms with Gasteiger partial charge in [0.05, 0.1) is 0 Å². The van der Waals surface area contributed by atoms with Crippen molar-refractivity contribution in [3.8, 4) is 0 Å². The lowest BCUT2D eigenvalue weighted by molar-refractivity contribution is 0.368. The average Bonchev–Trinajstić information content (AvgIpc) is 2.79. The first kappa shape index (κ1) is 13.7. The number of halogens is 1. The van der Waals surface area contributed by atoms with E-state index in [1.807, 2.05) is 6.92 Å². The molecular formula is C14H18FN3O. The molecule has 1 heterocycles. The Bertz CT molecular complexity index is 525. The van der Waals surface area contributed by atoms with Crippen LogP contribution in [0.15, 0.2) is 28.8 Å². The van der Waals surface area contributed by atoms with Crippen LogP contribution in [-0.2, 0) is 12.8 Å². The van der Waals surface area contributed by atoms with Gasteiger partial charge in [-0.3, -0.25) is 0 Å². The van der Waals surface area contributed by atoms with E-state index in [2.05, 4.69) is 10.1 Å². The van der Waals surface area contributed by atoms with E-state index in [-0.39, 0.29) is 11.9 Å². The van der Waals surface area contributed by atoms with Crippen LogP contribution in [0.5, 0.6) is 0 Å². The zero-order valence-corrected chi connectivity index (χ0v) is 11.0. The lowest BCUT2D eigenvalue weighted by Crippen LogP contribution is -2.14. The number of nitrogens with zero attached hydrogens (tertiary/aromatic N) is 2. The number of rotatable bonds is 6. The fourth-order valence-corrected chi connectivity index (χ4v) is 1.85. The quantitative estimate of drug-likeness (QED) is 0.869. The smallest absolute Gasteiger partial charge is 0.226 e. The summed E-state index contributed by atoms with van der Waals surface area (Å²) in [5.41, 5.74) is 6.25. The zero-order valence-electron chi connectivity index (χ0n) is 11.0. The Kier molecular flexibility index (Phi) is 4.63. The molecule has 0 bridgehead atoms. The SMILES string of the molecule is CC(N)CCCc1nc(Cc2ccccc2F)no1. The molecule has 0 amide bonds. The van der Waals surface area contributed by atoms with Gasteiger partial charge in [-0.1, -0.05) is 23.4 Å². The summed E-state index contributed by atoms with van der Waals surface area (Å²) in [5.74, 6) is 0.860. The summed E-state index contributed by atoms with van der Waals surface area (Å²) in [4.78, 5) is 4.26. The van der Waals surface area contributed by atoms with Crippen molar-refractivity contribution in [2.45, 2.75) is 38.6 Å². The van der Waals surface area contributed by atoms with Gasteiger partial charge < -0.3 is 10.3 Å². The summed E-state index contributed by atoms with van der Waals surface area (Å²) in [7, 11) is 0. The third-order valence-corrected chi connectivity index (χ3v) is 2.87. The number of aromatic nitrogens is 2. The van der Waals surface area contributed by atoms with Crippen molar-refractivity contribution in [3.63, 3.8) is 0 Å². The molecule has 0 aliphatic carbocycles. The fraction of sp³-hybridized carbons (Fsp3) is 0.429. The molecule has 2 N–H and O–H groups in total. The second-order valence-corrected chi connectivity index (χ2v) is 4.74. The van der Waals surface area contributed by atoms with Gasteiger partial charge in [0.15, 0.2) is 5.82 Å². The maximum absolute atomic E-state index is 13.5. The van der Waals surface area contributed by atoms with E-state index in [0.29, 0.717) is 30.1 Å². The number of nitrogens with two attached hydrogens (primary N) is 1. The standard InChI is InChI=1S/C14H18FN3O/c1-10(16)5-4-8-14-17-13(18-19-14)9-11-6-2-3-7-12(11)15/h2-3,6-7,10H,4-5,8-9,16H2,1H3. The van der Waals surface area contributed by atoms with Crippen molar-refractivity contribution in [2.75, 3.05) is 0 Å². The lowest BCUT2D eigenvalue weighted by Gasteiger charge is -2.01. The average molecular weight is 263 g/mol. The first-order valence-electron chi connectivity index (χ1n) is 6.45. The predicted octanol–water partition coefficient (Wildman–Crippen LogP) is 2.47. The van der Waals surface area contributed by atoms with Crippen molar-refractivity contribution in [1.29, 1.82) is 0 Å². The van der Waals surface area contributed by atoms with Crippen LogP contribution in [0.3, 0.4) is 0 Å². The summed E-state index contributed by atoms with van der Waals surface area (Å²) in [6.07, 6.45) is 2.90. The van der Waals surface area contributed by atoms with E-state index < -0.39 is 0 Å². The summed E-state index contributed by atoms with van der Waals surface area (Å²) >= 11 is 0. The van der Waals surface area contributed by atoms with Crippen molar-refractivity contribution < 1.29 is 8.91 Å². The second-order valence-electron chi connectivity index (χ2n) is 4.74. The highest BCUT2D eigenvalue weighted by Crippen LogP contribution is 2.12. The maximum atomic E-state index is 13.5. The Morgan fingerprint density at radius 2 is 2.16 bits per heavy atom. The van der Waals surface area contributed by atoms with E-state index in [1.165, 1.54) is 6.07 Å². The van der Waals surface area contributed by atoms with Crippen molar-refractivity contribution >= 4 is 0 Å². The molecule has 1 unspecified atom stereocenters. The molecule has 0 aliphatic rings. The first-order valence-corrected chi connectivity index (χ1v) is 6.45. The van der Waals surface area contributed by atoms with Gasteiger partial charge in [0.2, 0.25) is 5.89 Å². The zero-order chi connectivity index (χ0) is 13.7. The van der Waals surface area contributed by atoms with E-state index in [1.54, 1.807) is 18.2 Å². The third-order valence-electron chi connectivity index (χ3n) is 2.87. The summed E-state index contributed by atoms with van der Waals surface area (Å²) < 4.78 is 18.6. The fourth-order valence-electron chi connectivity index (χ4n) is 1.85. The van der Waals surface area contributed by atoms with Crippen LogP contribution in [-0.4, -0.2) is 16.2 Å².